The number of nitrogens with zero attached hydrogens (tertiary/aromatic N) is 3. The van der Waals surface area contributed by atoms with E-state index in [-0.39, 0.29) is 6.10 Å². The smallest absolute Gasteiger partial charge is 0.0681 e. The first-order chi connectivity index (χ1) is 7.32. The van der Waals surface area contributed by atoms with E-state index in [1.165, 1.54) is 0 Å². The second-order valence-electron chi connectivity index (χ2n) is 5.36. The third-order valence-corrected chi connectivity index (χ3v) is 2.76. The molecule has 1 N–H and O–H groups in total. The zero-order valence-corrected chi connectivity index (χ0v) is 11.8. The Kier molecular flexibility index (Phi) is 7.93. The Morgan fingerprint density at radius 2 is 1.50 bits per heavy atom. The summed E-state index contributed by atoms with van der Waals surface area (Å²) in [6.45, 7) is 1.81. The highest BCUT2D eigenvalue weighted by atomic mass is 16.3. The molecular formula is C12H29N3O. The molecule has 4 heteroatoms. The Bertz CT molecular complexity index is 172. The number of hydrogen-bond acceptors (Lipinski definition) is 4. The van der Waals surface area contributed by atoms with Gasteiger partial charge in [0.05, 0.1) is 6.10 Å². The van der Waals surface area contributed by atoms with Gasteiger partial charge < -0.3 is 19.8 Å². The summed E-state index contributed by atoms with van der Waals surface area (Å²) in [7, 11) is 12.3. The molecule has 2 unspecified atom stereocenters. The topological polar surface area (TPSA) is 30.0 Å². The third kappa shape index (κ3) is 8.05. The minimum atomic E-state index is -0.232. The Hall–Kier alpha value is -0.160. The molecule has 0 aliphatic carbocycles. The largest absolute Gasteiger partial charge is 0.392 e. The first kappa shape index (κ1) is 15.8. The lowest BCUT2D eigenvalue weighted by Gasteiger charge is -2.28. The maximum atomic E-state index is 9.92. The monoisotopic (exact) mass is 231 g/mol. The van der Waals surface area contributed by atoms with Gasteiger partial charge in [-0.25, -0.2) is 0 Å². The van der Waals surface area contributed by atoms with Crippen molar-refractivity contribution in [2.24, 2.45) is 0 Å². The molecule has 0 aromatic heterocycles. The van der Waals surface area contributed by atoms with Crippen LogP contribution in [0.4, 0.5) is 0 Å². The van der Waals surface area contributed by atoms with Gasteiger partial charge in [-0.2, -0.15) is 0 Å². The quantitative estimate of drug-likeness (QED) is 0.645. The van der Waals surface area contributed by atoms with E-state index in [1.807, 2.05) is 19.0 Å². The summed E-state index contributed by atoms with van der Waals surface area (Å²) in [4.78, 5) is 6.43. The van der Waals surface area contributed by atoms with Gasteiger partial charge in [0.25, 0.3) is 0 Å². The van der Waals surface area contributed by atoms with E-state index in [0.717, 1.165) is 25.9 Å². The molecule has 0 amide bonds. The van der Waals surface area contributed by atoms with E-state index >= 15 is 0 Å². The lowest BCUT2D eigenvalue weighted by Crippen LogP contribution is -2.37. The molecule has 2 atom stereocenters. The Morgan fingerprint density at radius 1 is 0.938 bits per heavy atom. The number of likely N-dealkylation sites (N-methyl/N-ethyl adjacent to an activating group) is 1. The molecule has 0 heterocycles. The van der Waals surface area contributed by atoms with Crippen LogP contribution in [0.3, 0.4) is 0 Å². The zero-order chi connectivity index (χ0) is 12.7. The van der Waals surface area contributed by atoms with Crippen molar-refractivity contribution < 1.29 is 5.11 Å². The van der Waals surface area contributed by atoms with Crippen molar-refractivity contribution in [2.45, 2.75) is 25.0 Å². The van der Waals surface area contributed by atoms with Gasteiger partial charge in [-0.1, -0.05) is 0 Å². The summed E-state index contributed by atoms with van der Waals surface area (Å²) in [5.41, 5.74) is 0. The maximum absolute atomic E-state index is 9.92. The van der Waals surface area contributed by atoms with E-state index in [2.05, 4.69) is 38.0 Å². The average Bonchev–Trinajstić information content (AvgIpc) is 2.09. The Morgan fingerprint density at radius 3 is 1.88 bits per heavy atom. The molecule has 0 aliphatic heterocycles. The lowest BCUT2D eigenvalue weighted by atomic mass is 10.0. The van der Waals surface area contributed by atoms with Crippen LogP contribution < -0.4 is 0 Å². The predicted octanol–water partition coefficient (Wildman–Crippen LogP) is 0.181. The van der Waals surface area contributed by atoms with Crippen LogP contribution >= 0.6 is 0 Å². The normalized spacial score (nSPS) is 16.1. The van der Waals surface area contributed by atoms with E-state index in [9.17, 15) is 5.11 Å². The van der Waals surface area contributed by atoms with Gasteiger partial charge in [-0.15, -0.1) is 0 Å². The van der Waals surface area contributed by atoms with Crippen LogP contribution in [0, 0.1) is 0 Å². The van der Waals surface area contributed by atoms with Gasteiger partial charge in [0, 0.05) is 12.6 Å². The molecule has 0 saturated carbocycles. The van der Waals surface area contributed by atoms with Gasteiger partial charge in [-0.3, -0.25) is 0 Å². The molecule has 98 valence electrons. The average molecular weight is 231 g/mol. The Labute approximate surface area is 101 Å². The van der Waals surface area contributed by atoms with E-state index in [4.69, 9.17) is 0 Å². The van der Waals surface area contributed by atoms with E-state index in [0.29, 0.717) is 6.04 Å². The van der Waals surface area contributed by atoms with Crippen molar-refractivity contribution in [3.8, 4) is 0 Å². The summed E-state index contributed by atoms with van der Waals surface area (Å²) in [5, 5.41) is 9.92. The molecular weight excluding hydrogens is 202 g/mol. The summed E-state index contributed by atoms with van der Waals surface area (Å²) >= 11 is 0. The minimum absolute atomic E-state index is 0.232. The second-order valence-corrected chi connectivity index (χ2v) is 5.36. The van der Waals surface area contributed by atoms with Gasteiger partial charge >= 0.3 is 0 Å². The van der Waals surface area contributed by atoms with Gasteiger partial charge in [-0.05, 0) is 61.7 Å². The molecule has 0 aromatic rings. The highest BCUT2D eigenvalue weighted by Gasteiger charge is 2.17. The van der Waals surface area contributed by atoms with Crippen LogP contribution in [0.5, 0.6) is 0 Å². The first-order valence-electron chi connectivity index (χ1n) is 5.97. The molecule has 16 heavy (non-hydrogen) atoms. The van der Waals surface area contributed by atoms with Crippen LogP contribution in [0.25, 0.3) is 0 Å². The molecule has 0 aliphatic rings. The van der Waals surface area contributed by atoms with Crippen LogP contribution in [-0.2, 0) is 0 Å². The highest BCUT2D eigenvalue weighted by molar-refractivity contribution is 4.73. The number of rotatable bonds is 8. The van der Waals surface area contributed by atoms with Crippen LogP contribution in [0.1, 0.15) is 12.8 Å². The molecule has 0 saturated heterocycles. The van der Waals surface area contributed by atoms with Crippen LogP contribution in [0.2, 0.25) is 0 Å². The van der Waals surface area contributed by atoms with Crippen molar-refractivity contribution in [1.82, 2.24) is 14.7 Å². The molecule has 0 fully saturated rings. The molecule has 4 nitrogen and oxygen atoms in total. The molecule has 0 bridgehead atoms. The first-order valence-corrected chi connectivity index (χ1v) is 5.97. The fourth-order valence-electron chi connectivity index (χ4n) is 1.80. The molecule has 0 aromatic carbocycles. The summed E-state index contributed by atoms with van der Waals surface area (Å²) in [6, 6.07) is 0.456. The lowest BCUT2D eigenvalue weighted by molar-refractivity contribution is 0.0923. The summed E-state index contributed by atoms with van der Waals surface area (Å²) in [6.07, 6.45) is 1.72. The standard InChI is InChI=1S/C12H29N3O/c1-13(2)8-7-11(15(5)6)9-12(16)10-14(3)4/h11-12,16H,7-10H2,1-6H3. The van der Waals surface area contributed by atoms with E-state index in [1.54, 1.807) is 0 Å². The molecule has 0 rings (SSSR count). The zero-order valence-electron chi connectivity index (χ0n) is 11.8. The number of aliphatic hydroxyl groups is 1. The van der Waals surface area contributed by atoms with E-state index < -0.39 is 0 Å². The van der Waals surface area contributed by atoms with Crippen molar-refractivity contribution in [1.29, 1.82) is 0 Å². The summed E-state index contributed by atoms with van der Waals surface area (Å²) < 4.78 is 0. The van der Waals surface area contributed by atoms with Crippen molar-refractivity contribution >= 4 is 0 Å². The number of aliphatic hydroxyl groups excluding tert-OH is 1. The van der Waals surface area contributed by atoms with Crippen molar-refractivity contribution in [3.05, 3.63) is 0 Å². The predicted molar refractivity (Wildman–Crippen MR) is 69.8 cm³/mol. The number of hydrogen-bond donors (Lipinski definition) is 1. The Balaban J connectivity index is 4.02. The fourth-order valence-corrected chi connectivity index (χ4v) is 1.80. The fraction of sp³-hybridized carbons (Fsp3) is 1.00. The third-order valence-electron chi connectivity index (χ3n) is 2.76. The van der Waals surface area contributed by atoms with Crippen LogP contribution in [-0.4, -0.2) is 87.3 Å². The van der Waals surface area contributed by atoms with Gasteiger partial charge in [0.1, 0.15) is 0 Å². The van der Waals surface area contributed by atoms with Crippen molar-refractivity contribution in [3.63, 3.8) is 0 Å². The van der Waals surface area contributed by atoms with Gasteiger partial charge in [0.2, 0.25) is 0 Å². The minimum Gasteiger partial charge on any atom is -0.392 e. The van der Waals surface area contributed by atoms with Crippen molar-refractivity contribution in [2.75, 3.05) is 55.4 Å². The highest BCUT2D eigenvalue weighted by Crippen LogP contribution is 2.09. The van der Waals surface area contributed by atoms with Crippen LogP contribution in [0.15, 0.2) is 0 Å². The summed E-state index contributed by atoms with van der Waals surface area (Å²) in [5.74, 6) is 0. The molecule has 0 radical (unpaired) electrons. The SMILES string of the molecule is CN(C)CCC(CC(O)CN(C)C)N(C)C. The molecule has 0 spiro atoms. The maximum Gasteiger partial charge on any atom is 0.0681 e. The van der Waals surface area contributed by atoms with Gasteiger partial charge in [0.15, 0.2) is 0 Å². The second kappa shape index (κ2) is 8.01.